The maximum atomic E-state index is 5.95. The molecule has 0 amide bonds. The molecule has 2 N–H and O–H groups in total. The normalized spacial score (nSPS) is 10.8. The monoisotopic (exact) mass is 241 g/mol. The minimum absolute atomic E-state index is 0.733. The summed E-state index contributed by atoms with van der Waals surface area (Å²) in [6, 6.07) is 0. The van der Waals surface area contributed by atoms with Crippen LogP contribution >= 0.6 is 23.3 Å². The van der Waals surface area contributed by atoms with E-state index in [4.69, 9.17) is 5.73 Å². The van der Waals surface area contributed by atoms with Crippen molar-refractivity contribution in [3.63, 3.8) is 0 Å². The van der Waals surface area contributed by atoms with Crippen LogP contribution in [0.3, 0.4) is 0 Å². The predicted molar refractivity (Wildman–Crippen MR) is 61.1 cm³/mol. The van der Waals surface area contributed by atoms with Crippen molar-refractivity contribution in [2.75, 3.05) is 5.73 Å². The highest BCUT2D eigenvalue weighted by Gasteiger charge is 2.14. The second-order valence-corrected chi connectivity index (χ2v) is 4.95. The Hall–Kier alpha value is -1.08. The number of nitrogen functional groups attached to an aromatic ring is 1. The minimum atomic E-state index is 0.733. The van der Waals surface area contributed by atoms with Gasteiger partial charge in [0.15, 0.2) is 4.34 Å². The summed E-state index contributed by atoms with van der Waals surface area (Å²) in [6.07, 6.45) is 1.54. The van der Waals surface area contributed by atoms with Gasteiger partial charge in [0.05, 0.1) is 11.4 Å². The van der Waals surface area contributed by atoms with Gasteiger partial charge in [0.2, 0.25) is 0 Å². The van der Waals surface area contributed by atoms with Crippen LogP contribution in [0.25, 0.3) is 0 Å². The van der Waals surface area contributed by atoms with E-state index < -0.39 is 0 Å². The van der Waals surface area contributed by atoms with Crippen LogP contribution in [-0.4, -0.2) is 19.1 Å². The lowest BCUT2D eigenvalue weighted by molar-refractivity contribution is 0.602. The molecule has 0 spiro atoms. The zero-order valence-electron chi connectivity index (χ0n) is 8.47. The first-order valence-corrected chi connectivity index (χ1v) is 6.08. The van der Waals surface area contributed by atoms with Gasteiger partial charge >= 0.3 is 0 Å². The Bertz CT molecular complexity index is 448. The number of anilines is 1. The van der Waals surface area contributed by atoms with E-state index in [1.165, 1.54) is 23.3 Å². The topological polar surface area (TPSA) is 69.6 Å². The minimum Gasteiger partial charge on any atom is -0.395 e. The average Bonchev–Trinajstić information content (AvgIpc) is 2.82. The molecule has 0 aliphatic rings. The Morgan fingerprint density at radius 2 is 2.40 bits per heavy atom. The highest BCUT2D eigenvalue weighted by molar-refractivity contribution is 8.01. The number of aryl methyl sites for hydroxylation is 2. The van der Waals surface area contributed by atoms with Crippen LogP contribution < -0.4 is 5.73 Å². The fraction of sp³-hybridized carbons (Fsp3) is 0.375. The summed E-state index contributed by atoms with van der Waals surface area (Å²) < 4.78 is 6.72. The number of rotatable bonds is 3. The Morgan fingerprint density at radius 1 is 1.60 bits per heavy atom. The molecule has 0 aliphatic heterocycles. The van der Waals surface area contributed by atoms with Crippen molar-refractivity contribution in [2.45, 2.75) is 29.8 Å². The zero-order chi connectivity index (χ0) is 10.8. The Kier molecular flexibility index (Phi) is 2.92. The molecule has 0 atom stereocenters. The highest BCUT2D eigenvalue weighted by Crippen LogP contribution is 2.33. The zero-order valence-corrected chi connectivity index (χ0v) is 10.1. The molecule has 15 heavy (non-hydrogen) atoms. The number of nitrogens with two attached hydrogens (primary N) is 1. The third-order valence-corrected chi connectivity index (χ3v) is 3.79. The van der Waals surface area contributed by atoms with E-state index in [9.17, 15) is 0 Å². The van der Waals surface area contributed by atoms with Gasteiger partial charge in [-0.3, -0.25) is 4.68 Å². The predicted octanol–water partition coefficient (Wildman–Crippen LogP) is 1.80. The van der Waals surface area contributed by atoms with E-state index >= 15 is 0 Å². The number of hydrogen-bond donors (Lipinski definition) is 1. The van der Waals surface area contributed by atoms with Crippen molar-refractivity contribution in [3.8, 4) is 0 Å². The lowest BCUT2D eigenvalue weighted by Crippen LogP contribution is -1.98. The summed E-state index contributed by atoms with van der Waals surface area (Å²) in [5.74, 6) is 0. The Balaban J connectivity index is 2.34. The molecule has 2 aromatic rings. The lowest BCUT2D eigenvalue weighted by Gasteiger charge is -2.01. The third kappa shape index (κ3) is 1.98. The average molecular weight is 241 g/mol. The van der Waals surface area contributed by atoms with E-state index in [2.05, 4.69) is 14.5 Å². The summed E-state index contributed by atoms with van der Waals surface area (Å²) in [5.41, 5.74) is 7.55. The van der Waals surface area contributed by atoms with Crippen LogP contribution in [0, 0.1) is 6.92 Å². The van der Waals surface area contributed by atoms with Crippen molar-refractivity contribution < 1.29 is 0 Å². The van der Waals surface area contributed by atoms with E-state index in [-0.39, 0.29) is 0 Å². The van der Waals surface area contributed by atoms with Crippen LogP contribution in [-0.2, 0) is 6.54 Å². The lowest BCUT2D eigenvalue weighted by atomic mass is 10.4. The highest BCUT2D eigenvalue weighted by atomic mass is 32.2. The molecule has 2 rings (SSSR count). The molecule has 7 heteroatoms. The molecule has 2 aromatic heterocycles. The largest absolute Gasteiger partial charge is 0.395 e. The van der Waals surface area contributed by atoms with Gasteiger partial charge in [0.25, 0.3) is 0 Å². The van der Waals surface area contributed by atoms with Crippen LogP contribution in [0.2, 0.25) is 0 Å². The van der Waals surface area contributed by atoms with Gasteiger partial charge in [-0.25, -0.2) is 4.98 Å². The molecule has 0 aromatic carbocycles. The van der Waals surface area contributed by atoms with Crippen LogP contribution in [0.4, 0.5) is 5.69 Å². The summed E-state index contributed by atoms with van der Waals surface area (Å²) in [5, 5.41) is 5.29. The van der Waals surface area contributed by atoms with Crippen molar-refractivity contribution in [1.82, 2.24) is 19.1 Å². The molecule has 0 bridgehead atoms. The molecule has 80 valence electrons. The number of hydrogen-bond acceptors (Lipinski definition) is 6. The van der Waals surface area contributed by atoms with Gasteiger partial charge in [-0.05, 0) is 37.1 Å². The van der Waals surface area contributed by atoms with Gasteiger partial charge in [0.1, 0.15) is 11.4 Å². The fourth-order valence-electron chi connectivity index (χ4n) is 1.19. The molecule has 0 aliphatic carbocycles. The molecule has 0 saturated carbocycles. The summed E-state index contributed by atoms with van der Waals surface area (Å²) >= 11 is 2.87. The fourth-order valence-corrected chi connectivity index (χ4v) is 2.78. The second-order valence-electron chi connectivity index (χ2n) is 2.93. The number of nitrogens with zero attached hydrogens (tertiary/aromatic N) is 4. The van der Waals surface area contributed by atoms with Gasteiger partial charge in [-0.2, -0.15) is 9.47 Å². The standard InChI is InChI=1S/C8H11N5S2/c1-3-13-7(6(9)5(2)12-13)14-8-10-4-11-15-8/h4H,3,9H2,1-2H3. The van der Waals surface area contributed by atoms with Gasteiger partial charge in [0, 0.05) is 6.54 Å². The van der Waals surface area contributed by atoms with Crippen LogP contribution in [0.1, 0.15) is 12.6 Å². The first kappa shape index (κ1) is 10.4. The maximum Gasteiger partial charge on any atom is 0.176 e. The molecule has 0 radical (unpaired) electrons. The van der Waals surface area contributed by atoms with Crippen LogP contribution in [0.5, 0.6) is 0 Å². The van der Waals surface area contributed by atoms with Crippen molar-refractivity contribution in [1.29, 1.82) is 0 Å². The Labute approximate surface area is 95.9 Å². The molecule has 2 heterocycles. The Morgan fingerprint density at radius 3 is 3.00 bits per heavy atom. The van der Waals surface area contributed by atoms with Gasteiger partial charge in [-0.15, -0.1) is 0 Å². The first-order valence-electron chi connectivity index (χ1n) is 4.49. The molecular weight excluding hydrogens is 230 g/mol. The molecule has 0 unspecified atom stereocenters. The van der Waals surface area contributed by atoms with E-state index in [1.807, 2.05) is 18.5 Å². The summed E-state index contributed by atoms with van der Waals surface area (Å²) in [4.78, 5) is 4.11. The van der Waals surface area contributed by atoms with Gasteiger partial charge in [-0.1, -0.05) is 0 Å². The molecule has 5 nitrogen and oxygen atoms in total. The van der Waals surface area contributed by atoms with Crippen molar-refractivity contribution in [3.05, 3.63) is 12.0 Å². The van der Waals surface area contributed by atoms with E-state index in [0.29, 0.717) is 0 Å². The molecule has 0 fully saturated rings. The third-order valence-electron chi connectivity index (χ3n) is 1.95. The summed E-state index contributed by atoms with van der Waals surface area (Å²) in [6.45, 7) is 4.75. The van der Waals surface area contributed by atoms with E-state index in [0.717, 1.165) is 27.3 Å². The molecule has 0 saturated heterocycles. The SMILES string of the molecule is CCn1nc(C)c(N)c1Sc1ncns1. The first-order chi connectivity index (χ1) is 7.22. The maximum absolute atomic E-state index is 5.95. The summed E-state index contributed by atoms with van der Waals surface area (Å²) in [7, 11) is 0. The van der Waals surface area contributed by atoms with Crippen LogP contribution in [0.15, 0.2) is 15.7 Å². The van der Waals surface area contributed by atoms with Crippen molar-refractivity contribution >= 4 is 29.0 Å². The molecular formula is C8H11N5S2. The van der Waals surface area contributed by atoms with Crippen molar-refractivity contribution in [2.24, 2.45) is 0 Å². The van der Waals surface area contributed by atoms with Gasteiger partial charge < -0.3 is 5.73 Å². The smallest absolute Gasteiger partial charge is 0.176 e. The second kappa shape index (κ2) is 4.19. The quantitative estimate of drug-likeness (QED) is 0.887. The number of aromatic nitrogens is 4. The van der Waals surface area contributed by atoms with E-state index in [1.54, 1.807) is 6.33 Å².